The van der Waals surface area contributed by atoms with Crippen molar-refractivity contribution in [3.8, 4) is 5.75 Å². The van der Waals surface area contributed by atoms with Crippen LogP contribution in [-0.2, 0) is 16.0 Å². The minimum Gasteiger partial charge on any atom is -0.410 e. The van der Waals surface area contributed by atoms with E-state index in [0.717, 1.165) is 24.0 Å². The fraction of sp³-hybridized carbons (Fsp3) is 0.438. The van der Waals surface area contributed by atoms with Crippen molar-refractivity contribution in [1.82, 2.24) is 5.32 Å². The zero-order valence-corrected chi connectivity index (χ0v) is 12.6. The summed E-state index contributed by atoms with van der Waals surface area (Å²) in [4.78, 5) is 22.6. The molecule has 1 aliphatic heterocycles. The molecule has 2 rings (SSSR count). The number of hydrogen-bond acceptors (Lipinski definition) is 4. The molecular formula is C16H21N2O4. The van der Waals surface area contributed by atoms with Gasteiger partial charge < -0.3 is 20.5 Å². The van der Waals surface area contributed by atoms with Gasteiger partial charge in [0.05, 0.1) is 6.42 Å². The first-order valence-corrected chi connectivity index (χ1v) is 7.33. The van der Waals surface area contributed by atoms with Gasteiger partial charge in [0.25, 0.3) is 0 Å². The predicted octanol–water partition coefficient (Wildman–Crippen LogP) is 1.49. The average Bonchev–Trinajstić information content (AvgIpc) is 2.47. The van der Waals surface area contributed by atoms with Gasteiger partial charge in [0.2, 0.25) is 5.91 Å². The summed E-state index contributed by atoms with van der Waals surface area (Å²) in [6.07, 6.45) is 3.04. The third-order valence-electron chi connectivity index (χ3n) is 3.61. The van der Waals surface area contributed by atoms with E-state index in [1.54, 1.807) is 18.6 Å². The van der Waals surface area contributed by atoms with Crippen LogP contribution in [0.3, 0.4) is 0 Å². The first-order valence-electron chi connectivity index (χ1n) is 7.33. The fourth-order valence-electron chi connectivity index (χ4n) is 2.38. The quantitative estimate of drug-likeness (QED) is 0.862. The summed E-state index contributed by atoms with van der Waals surface area (Å²) in [7, 11) is 0. The summed E-state index contributed by atoms with van der Waals surface area (Å²) < 4.78 is 10.1. The van der Waals surface area contributed by atoms with Gasteiger partial charge in [-0.05, 0) is 49.4 Å². The van der Waals surface area contributed by atoms with Crippen molar-refractivity contribution < 1.29 is 19.1 Å². The van der Waals surface area contributed by atoms with Gasteiger partial charge in [0.1, 0.15) is 5.75 Å². The number of carbonyl (C=O) groups is 2. The number of primary amides is 1. The van der Waals surface area contributed by atoms with Crippen LogP contribution in [0.25, 0.3) is 0 Å². The maximum atomic E-state index is 11.9. The SMILES string of the molecule is Cc1cc(OC(N)=O)ccc1C[CH]C(=O)NC1CCOCC1. The lowest BCUT2D eigenvalue weighted by Crippen LogP contribution is -2.39. The zero-order valence-electron chi connectivity index (χ0n) is 12.6. The summed E-state index contributed by atoms with van der Waals surface area (Å²) in [5, 5.41) is 2.99. The molecule has 1 aromatic carbocycles. The van der Waals surface area contributed by atoms with Crippen molar-refractivity contribution in [1.29, 1.82) is 0 Å². The normalized spacial score (nSPS) is 15.3. The molecular weight excluding hydrogens is 284 g/mol. The summed E-state index contributed by atoms with van der Waals surface area (Å²) >= 11 is 0. The fourth-order valence-corrected chi connectivity index (χ4v) is 2.38. The maximum Gasteiger partial charge on any atom is 0.409 e. The van der Waals surface area contributed by atoms with Gasteiger partial charge in [0.15, 0.2) is 0 Å². The van der Waals surface area contributed by atoms with Crippen molar-refractivity contribution in [3.05, 3.63) is 35.7 Å². The Hall–Kier alpha value is -2.08. The molecule has 1 aliphatic rings. The number of amides is 2. The Labute approximate surface area is 130 Å². The predicted molar refractivity (Wildman–Crippen MR) is 81.4 cm³/mol. The van der Waals surface area contributed by atoms with Crippen LogP contribution in [0.4, 0.5) is 4.79 Å². The highest BCUT2D eigenvalue weighted by atomic mass is 16.5. The van der Waals surface area contributed by atoms with E-state index in [-0.39, 0.29) is 11.9 Å². The minimum absolute atomic E-state index is 0.0660. The van der Waals surface area contributed by atoms with E-state index >= 15 is 0 Å². The molecule has 1 aromatic rings. The van der Waals surface area contributed by atoms with E-state index < -0.39 is 6.09 Å². The molecule has 0 bridgehead atoms. The molecule has 1 fully saturated rings. The number of carbonyl (C=O) groups excluding carboxylic acids is 2. The minimum atomic E-state index is -0.838. The van der Waals surface area contributed by atoms with Crippen LogP contribution in [0.2, 0.25) is 0 Å². The monoisotopic (exact) mass is 305 g/mol. The number of rotatable bonds is 5. The lowest BCUT2D eigenvalue weighted by molar-refractivity contribution is -0.119. The molecule has 0 unspecified atom stereocenters. The Morgan fingerprint density at radius 1 is 1.41 bits per heavy atom. The summed E-state index contributed by atoms with van der Waals surface area (Å²) in [5.41, 5.74) is 6.91. The van der Waals surface area contributed by atoms with Crippen LogP contribution in [-0.4, -0.2) is 31.3 Å². The molecule has 1 heterocycles. The summed E-state index contributed by atoms with van der Waals surface area (Å²) in [6, 6.07) is 5.41. The number of aryl methyl sites for hydroxylation is 1. The molecule has 2 amide bonds. The van der Waals surface area contributed by atoms with Gasteiger partial charge in [-0.1, -0.05) is 6.07 Å². The Morgan fingerprint density at radius 3 is 2.77 bits per heavy atom. The molecule has 22 heavy (non-hydrogen) atoms. The highest BCUT2D eigenvalue weighted by Gasteiger charge is 2.16. The van der Waals surface area contributed by atoms with Crippen LogP contribution >= 0.6 is 0 Å². The smallest absolute Gasteiger partial charge is 0.409 e. The van der Waals surface area contributed by atoms with Crippen LogP contribution in [0.5, 0.6) is 5.75 Å². The van der Waals surface area contributed by atoms with Crippen LogP contribution in [0.15, 0.2) is 18.2 Å². The molecule has 6 nitrogen and oxygen atoms in total. The summed E-state index contributed by atoms with van der Waals surface area (Å²) in [5.74, 6) is 0.337. The van der Waals surface area contributed by atoms with Crippen molar-refractivity contribution in [2.75, 3.05) is 13.2 Å². The molecule has 0 aliphatic carbocycles. The van der Waals surface area contributed by atoms with Gasteiger partial charge in [-0.15, -0.1) is 0 Å². The number of ether oxygens (including phenoxy) is 2. The number of hydrogen-bond donors (Lipinski definition) is 2. The van der Waals surface area contributed by atoms with Gasteiger partial charge >= 0.3 is 6.09 Å². The maximum absolute atomic E-state index is 11.9. The number of benzene rings is 1. The van der Waals surface area contributed by atoms with Crippen molar-refractivity contribution in [2.24, 2.45) is 5.73 Å². The second kappa shape index (κ2) is 7.79. The molecule has 0 saturated carbocycles. The highest BCUT2D eigenvalue weighted by Crippen LogP contribution is 2.18. The van der Waals surface area contributed by atoms with E-state index in [1.165, 1.54) is 0 Å². The molecule has 1 radical (unpaired) electrons. The molecule has 1 saturated heterocycles. The van der Waals surface area contributed by atoms with Gasteiger partial charge in [-0.3, -0.25) is 4.79 Å². The zero-order chi connectivity index (χ0) is 15.9. The Balaban J connectivity index is 1.82. The second-order valence-corrected chi connectivity index (χ2v) is 5.31. The third kappa shape index (κ3) is 5.04. The average molecular weight is 305 g/mol. The molecule has 3 N–H and O–H groups in total. The van der Waals surface area contributed by atoms with Gasteiger partial charge in [-0.2, -0.15) is 0 Å². The lowest BCUT2D eigenvalue weighted by atomic mass is 10.0. The van der Waals surface area contributed by atoms with E-state index in [9.17, 15) is 9.59 Å². The Morgan fingerprint density at radius 2 is 2.14 bits per heavy atom. The van der Waals surface area contributed by atoms with E-state index in [4.69, 9.17) is 15.2 Å². The molecule has 119 valence electrons. The third-order valence-corrected chi connectivity index (χ3v) is 3.61. The van der Waals surface area contributed by atoms with Crippen LogP contribution < -0.4 is 15.8 Å². The largest absolute Gasteiger partial charge is 0.410 e. The highest BCUT2D eigenvalue weighted by molar-refractivity contribution is 5.85. The van der Waals surface area contributed by atoms with E-state index in [2.05, 4.69) is 5.32 Å². The van der Waals surface area contributed by atoms with E-state index in [1.807, 2.05) is 13.0 Å². The first-order chi connectivity index (χ1) is 10.5. The van der Waals surface area contributed by atoms with Gasteiger partial charge in [-0.25, -0.2) is 4.79 Å². The topological polar surface area (TPSA) is 90.7 Å². The first kappa shape index (κ1) is 16.3. The summed E-state index contributed by atoms with van der Waals surface area (Å²) in [6.45, 7) is 3.30. The Kier molecular flexibility index (Phi) is 5.77. The van der Waals surface area contributed by atoms with E-state index in [0.29, 0.717) is 25.4 Å². The van der Waals surface area contributed by atoms with Crippen LogP contribution in [0.1, 0.15) is 24.0 Å². The number of nitrogens with two attached hydrogens (primary N) is 1. The van der Waals surface area contributed by atoms with Crippen molar-refractivity contribution in [3.63, 3.8) is 0 Å². The molecule has 0 spiro atoms. The van der Waals surface area contributed by atoms with Crippen molar-refractivity contribution in [2.45, 2.75) is 32.2 Å². The number of nitrogens with one attached hydrogen (secondary N) is 1. The molecule has 0 aromatic heterocycles. The van der Waals surface area contributed by atoms with Crippen LogP contribution in [0, 0.1) is 13.3 Å². The Bertz CT molecular complexity index is 539. The van der Waals surface area contributed by atoms with Gasteiger partial charge in [0, 0.05) is 19.3 Å². The second-order valence-electron chi connectivity index (χ2n) is 5.31. The standard InChI is InChI=1S/C16H21N2O4/c1-11-10-14(22-16(17)20)4-2-12(11)3-5-15(19)18-13-6-8-21-9-7-13/h2,4-5,10,13H,3,6-9H2,1H3,(H2,17,20)(H,18,19). The molecule has 0 atom stereocenters. The van der Waals surface area contributed by atoms with Crippen molar-refractivity contribution >= 4 is 12.0 Å². The molecule has 6 heteroatoms. The lowest BCUT2D eigenvalue weighted by Gasteiger charge is -2.23.